The number of aryl methyl sites for hydroxylation is 3. The first-order chi connectivity index (χ1) is 10.8. The molecule has 3 nitrogen and oxygen atoms in total. The number of rotatable bonds is 2. The largest absolute Gasteiger partial charge is 0.326 e. The number of hydrogen-bond acceptors (Lipinski definition) is 2. The summed E-state index contributed by atoms with van der Waals surface area (Å²) in [5.41, 5.74) is 14.4. The summed E-state index contributed by atoms with van der Waals surface area (Å²) in [6, 6.07) is 11.0. The monoisotopic (exact) mass is 291 g/mol. The lowest BCUT2D eigenvalue weighted by molar-refractivity contribution is 0.686. The summed E-state index contributed by atoms with van der Waals surface area (Å²) < 4.78 is 2.15. The molecule has 22 heavy (non-hydrogen) atoms. The maximum atomic E-state index is 5.74. The molecule has 0 bridgehead atoms. The third-order valence-electron chi connectivity index (χ3n) is 4.79. The molecule has 4 rings (SSSR count). The molecule has 0 radical (unpaired) electrons. The molecule has 1 aromatic carbocycles. The van der Waals surface area contributed by atoms with Crippen LogP contribution in [0.5, 0.6) is 0 Å². The van der Waals surface area contributed by atoms with Crippen molar-refractivity contribution >= 4 is 5.65 Å². The summed E-state index contributed by atoms with van der Waals surface area (Å²) in [6.45, 7) is 2.69. The summed E-state index contributed by atoms with van der Waals surface area (Å²) >= 11 is 0. The third-order valence-corrected chi connectivity index (χ3v) is 4.79. The third kappa shape index (κ3) is 2.13. The minimum absolute atomic E-state index is 0.552. The molecule has 0 atom stereocenters. The number of nitrogens with two attached hydrogens (primary N) is 1. The van der Waals surface area contributed by atoms with E-state index in [1.54, 1.807) is 0 Å². The highest BCUT2D eigenvalue weighted by Crippen LogP contribution is 2.29. The fourth-order valence-corrected chi connectivity index (χ4v) is 3.49. The molecule has 0 fully saturated rings. The summed E-state index contributed by atoms with van der Waals surface area (Å²) in [4.78, 5) is 4.85. The zero-order valence-corrected chi connectivity index (χ0v) is 13.0. The predicted molar refractivity (Wildman–Crippen MR) is 89.9 cm³/mol. The van der Waals surface area contributed by atoms with Gasteiger partial charge in [-0.3, -0.25) is 0 Å². The zero-order chi connectivity index (χ0) is 15.1. The lowest BCUT2D eigenvalue weighted by atomic mass is 9.90. The van der Waals surface area contributed by atoms with Gasteiger partial charge in [-0.25, -0.2) is 4.98 Å². The highest BCUT2D eigenvalue weighted by molar-refractivity contribution is 5.68. The van der Waals surface area contributed by atoms with E-state index in [1.165, 1.54) is 48.1 Å². The predicted octanol–water partition coefficient (Wildman–Crippen LogP) is 3.65. The molecular formula is C19H21N3. The summed E-state index contributed by atoms with van der Waals surface area (Å²) in [5.74, 6) is 0. The number of pyridine rings is 1. The highest BCUT2D eigenvalue weighted by Gasteiger charge is 2.14. The molecular weight excluding hydrogens is 270 g/mol. The Morgan fingerprint density at radius 3 is 2.73 bits per heavy atom. The lowest BCUT2D eigenvalue weighted by Gasteiger charge is -2.16. The molecule has 1 aliphatic carbocycles. The van der Waals surface area contributed by atoms with E-state index in [-0.39, 0.29) is 0 Å². The maximum Gasteiger partial charge on any atom is 0.137 e. The van der Waals surface area contributed by atoms with E-state index < -0.39 is 0 Å². The average molecular weight is 291 g/mol. The van der Waals surface area contributed by atoms with E-state index in [0.717, 1.165) is 16.9 Å². The van der Waals surface area contributed by atoms with E-state index in [0.29, 0.717) is 6.54 Å². The van der Waals surface area contributed by atoms with Crippen molar-refractivity contribution in [2.24, 2.45) is 5.73 Å². The molecule has 0 unspecified atom stereocenters. The standard InChI is InChI=1S/C19H21N3/c1-13-19(21-18-10-14(12-20)8-9-22(13)18)17-7-6-15-4-2-3-5-16(15)11-17/h6-11H,2-5,12,20H2,1H3. The molecule has 2 N–H and O–H groups in total. The summed E-state index contributed by atoms with van der Waals surface area (Å²) in [7, 11) is 0. The fraction of sp³-hybridized carbons (Fsp3) is 0.316. The summed E-state index contributed by atoms with van der Waals surface area (Å²) in [6.07, 6.45) is 7.12. The van der Waals surface area contributed by atoms with Gasteiger partial charge >= 0.3 is 0 Å². The number of hydrogen-bond donors (Lipinski definition) is 1. The van der Waals surface area contributed by atoms with Crippen LogP contribution in [0.4, 0.5) is 0 Å². The lowest BCUT2D eigenvalue weighted by Crippen LogP contribution is -2.02. The number of fused-ring (bicyclic) bond motifs is 2. The Labute approximate surface area is 130 Å². The van der Waals surface area contributed by atoms with Crippen LogP contribution in [0.3, 0.4) is 0 Å². The molecule has 2 aromatic heterocycles. The number of benzene rings is 1. The maximum absolute atomic E-state index is 5.74. The first kappa shape index (κ1) is 13.5. The SMILES string of the molecule is Cc1c(-c2ccc3c(c2)CCCC3)nc2cc(CN)ccn12. The van der Waals surface area contributed by atoms with Gasteiger partial charge in [0.2, 0.25) is 0 Å². The Balaban J connectivity index is 1.85. The van der Waals surface area contributed by atoms with Crippen molar-refractivity contribution in [2.75, 3.05) is 0 Å². The van der Waals surface area contributed by atoms with E-state index in [2.05, 4.69) is 47.9 Å². The van der Waals surface area contributed by atoms with Crippen molar-refractivity contribution in [1.29, 1.82) is 0 Å². The Bertz CT molecular complexity index is 845. The Morgan fingerprint density at radius 2 is 1.91 bits per heavy atom. The van der Waals surface area contributed by atoms with Crippen LogP contribution in [0.2, 0.25) is 0 Å². The molecule has 0 aliphatic heterocycles. The second-order valence-electron chi connectivity index (χ2n) is 6.20. The van der Waals surface area contributed by atoms with Gasteiger partial charge in [0.05, 0.1) is 5.69 Å². The van der Waals surface area contributed by atoms with E-state index in [9.17, 15) is 0 Å². The second-order valence-corrected chi connectivity index (χ2v) is 6.20. The Hall–Kier alpha value is -2.13. The molecule has 0 spiro atoms. The summed E-state index contributed by atoms with van der Waals surface area (Å²) in [5, 5.41) is 0. The van der Waals surface area contributed by atoms with Gasteiger partial charge in [-0.2, -0.15) is 0 Å². The molecule has 1 aliphatic rings. The van der Waals surface area contributed by atoms with Crippen LogP contribution < -0.4 is 5.73 Å². The van der Waals surface area contributed by atoms with Crippen LogP contribution in [0.1, 0.15) is 35.2 Å². The van der Waals surface area contributed by atoms with Crippen LogP contribution in [0.15, 0.2) is 36.5 Å². The van der Waals surface area contributed by atoms with Gasteiger partial charge in [0.25, 0.3) is 0 Å². The second kappa shape index (κ2) is 5.25. The average Bonchev–Trinajstić information content (AvgIpc) is 2.90. The number of imidazole rings is 1. The van der Waals surface area contributed by atoms with Crippen LogP contribution in [-0.2, 0) is 19.4 Å². The van der Waals surface area contributed by atoms with E-state index >= 15 is 0 Å². The van der Waals surface area contributed by atoms with Gasteiger partial charge in [0, 0.05) is 24.0 Å². The fourth-order valence-electron chi connectivity index (χ4n) is 3.49. The van der Waals surface area contributed by atoms with Gasteiger partial charge in [-0.1, -0.05) is 12.1 Å². The number of aromatic nitrogens is 2. The first-order valence-electron chi connectivity index (χ1n) is 8.06. The van der Waals surface area contributed by atoms with E-state index in [4.69, 9.17) is 10.7 Å². The first-order valence-corrected chi connectivity index (χ1v) is 8.06. The molecule has 3 heteroatoms. The molecule has 0 saturated heterocycles. The van der Waals surface area contributed by atoms with Crippen molar-refractivity contribution in [3.63, 3.8) is 0 Å². The van der Waals surface area contributed by atoms with Crippen LogP contribution in [0, 0.1) is 6.92 Å². The minimum Gasteiger partial charge on any atom is -0.326 e. The van der Waals surface area contributed by atoms with Gasteiger partial charge in [-0.05, 0) is 67.5 Å². The van der Waals surface area contributed by atoms with Crippen molar-refractivity contribution in [1.82, 2.24) is 9.38 Å². The van der Waals surface area contributed by atoms with Crippen LogP contribution >= 0.6 is 0 Å². The minimum atomic E-state index is 0.552. The van der Waals surface area contributed by atoms with Crippen LogP contribution in [-0.4, -0.2) is 9.38 Å². The van der Waals surface area contributed by atoms with E-state index in [1.807, 2.05) is 0 Å². The van der Waals surface area contributed by atoms with Gasteiger partial charge in [0.1, 0.15) is 5.65 Å². The van der Waals surface area contributed by atoms with Gasteiger partial charge in [-0.15, -0.1) is 0 Å². The molecule has 0 saturated carbocycles. The van der Waals surface area contributed by atoms with Gasteiger partial charge < -0.3 is 10.1 Å². The zero-order valence-electron chi connectivity index (χ0n) is 13.0. The molecule has 2 heterocycles. The van der Waals surface area contributed by atoms with Crippen LogP contribution in [0.25, 0.3) is 16.9 Å². The molecule has 112 valence electrons. The normalized spacial score (nSPS) is 14.3. The van der Waals surface area contributed by atoms with Crippen molar-refractivity contribution in [2.45, 2.75) is 39.2 Å². The van der Waals surface area contributed by atoms with Crippen molar-refractivity contribution < 1.29 is 0 Å². The molecule has 0 amide bonds. The Kier molecular flexibility index (Phi) is 3.23. The Morgan fingerprint density at radius 1 is 1.09 bits per heavy atom. The topological polar surface area (TPSA) is 43.3 Å². The smallest absolute Gasteiger partial charge is 0.137 e. The van der Waals surface area contributed by atoms with Crippen molar-refractivity contribution in [3.8, 4) is 11.3 Å². The number of nitrogens with zero attached hydrogens (tertiary/aromatic N) is 2. The van der Waals surface area contributed by atoms with Crippen molar-refractivity contribution in [3.05, 3.63) is 58.9 Å². The molecule has 3 aromatic rings. The quantitative estimate of drug-likeness (QED) is 0.783. The highest BCUT2D eigenvalue weighted by atomic mass is 15.0. The van der Waals surface area contributed by atoms with Gasteiger partial charge in [0.15, 0.2) is 0 Å².